The van der Waals surface area contributed by atoms with Crippen LogP contribution in [-0.2, 0) is 6.42 Å². The van der Waals surface area contributed by atoms with Gasteiger partial charge in [0.2, 0.25) is 0 Å². The quantitative estimate of drug-likeness (QED) is 0.889. The molecule has 0 radical (unpaired) electrons. The number of fused-ring (bicyclic) bond motifs is 1. The molecule has 1 heterocycles. The second-order valence-corrected chi connectivity index (χ2v) is 6.81. The second kappa shape index (κ2) is 5.70. The minimum Gasteiger partial charge on any atom is -0.325 e. The van der Waals surface area contributed by atoms with Crippen molar-refractivity contribution in [2.45, 2.75) is 26.7 Å². The lowest BCUT2D eigenvalue weighted by Crippen LogP contribution is -2.32. The Balaban J connectivity index is 1.93. The Morgan fingerprint density at radius 1 is 1.17 bits per heavy atom. The molecule has 0 fully saturated rings. The van der Waals surface area contributed by atoms with Gasteiger partial charge in [0.25, 0.3) is 11.5 Å². The van der Waals surface area contributed by atoms with Crippen LogP contribution >= 0.6 is 0 Å². The number of pyridine rings is 1. The van der Waals surface area contributed by atoms with Crippen LogP contribution in [0.3, 0.4) is 0 Å². The fourth-order valence-electron chi connectivity index (χ4n) is 2.93. The zero-order valence-corrected chi connectivity index (χ0v) is 13.4. The zero-order chi connectivity index (χ0) is 17.5. The predicted octanol–water partition coefficient (Wildman–Crippen LogP) is 2.92. The molecular weight excluding hydrogens is 311 g/mol. The highest BCUT2D eigenvalue weighted by molar-refractivity contribution is 6.06. The van der Waals surface area contributed by atoms with Gasteiger partial charge in [0.1, 0.15) is 11.4 Å². The molecule has 1 aromatic carbocycles. The van der Waals surface area contributed by atoms with Crippen LogP contribution in [0.2, 0.25) is 0 Å². The standard InChI is InChI=1S/C18H17FN2O3/c1-18(2)8-14-12(15(22)9-18)7-13(17(24)21-14)16(23)20-11-5-3-10(19)4-6-11/h3-7H,8-9H2,1-2H3,(H,20,23)(H,21,24). The summed E-state index contributed by atoms with van der Waals surface area (Å²) in [6.07, 6.45) is 0.939. The van der Waals surface area contributed by atoms with E-state index in [1.807, 2.05) is 13.8 Å². The van der Waals surface area contributed by atoms with Crippen molar-refractivity contribution in [3.8, 4) is 0 Å². The first-order chi connectivity index (χ1) is 11.2. The number of aromatic amines is 1. The minimum atomic E-state index is -0.636. The highest BCUT2D eigenvalue weighted by Crippen LogP contribution is 2.33. The summed E-state index contributed by atoms with van der Waals surface area (Å²) in [6, 6.07) is 6.56. The van der Waals surface area contributed by atoms with Crippen LogP contribution in [0.1, 0.15) is 46.7 Å². The molecule has 0 spiro atoms. The van der Waals surface area contributed by atoms with Crippen LogP contribution < -0.4 is 10.9 Å². The topological polar surface area (TPSA) is 79.0 Å². The molecule has 0 aliphatic heterocycles. The largest absolute Gasteiger partial charge is 0.325 e. The maximum absolute atomic E-state index is 12.9. The van der Waals surface area contributed by atoms with Gasteiger partial charge in [-0.25, -0.2) is 4.39 Å². The van der Waals surface area contributed by atoms with Crippen molar-refractivity contribution in [2.75, 3.05) is 5.32 Å². The maximum atomic E-state index is 12.9. The van der Waals surface area contributed by atoms with Crippen molar-refractivity contribution in [3.05, 3.63) is 63.3 Å². The highest BCUT2D eigenvalue weighted by Gasteiger charge is 2.32. The number of carbonyl (C=O) groups excluding carboxylic acids is 2. The Kier molecular flexibility index (Phi) is 3.83. The lowest BCUT2D eigenvalue weighted by atomic mass is 9.75. The molecule has 1 aliphatic carbocycles. The lowest BCUT2D eigenvalue weighted by Gasteiger charge is -2.29. The number of aromatic nitrogens is 1. The van der Waals surface area contributed by atoms with Gasteiger partial charge in [-0.1, -0.05) is 13.8 Å². The smallest absolute Gasteiger partial charge is 0.261 e. The average Bonchev–Trinajstić information content (AvgIpc) is 2.47. The molecule has 0 unspecified atom stereocenters. The molecule has 0 atom stereocenters. The molecule has 0 saturated carbocycles. The molecule has 0 bridgehead atoms. The summed E-state index contributed by atoms with van der Waals surface area (Å²) in [4.78, 5) is 39.5. The van der Waals surface area contributed by atoms with E-state index in [2.05, 4.69) is 10.3 Å². The number of amides is 1. The summed E-state index contributed by atoms with van der Waals surface area (Å²) in [6.45, 7) is 3.92. The van der Waals surface area contributed by atoms with Gasteiger partial charge in [-0.05, 0) is 42.2 Å². The lowest BCUT2D eigenvalue weighted by molar-refractivity contribution is 0.0910. The number of benzene rings is 1. The van der Waals surface area contributed by atoms with E-state index in [1.54, 1.807) is 0 Å². The zero-order valence-electron chi connectivity index (χ0n) is 13.4. The van der Waals surface area contributed by atoms with Gasteiger partial charge in [0.05, 0.1) is 0 Å². The van der Waals surface area contributed by atoms with Gasteiger partial charge in [0.15, 0.2) is 5.78 Å². The molecule has 2 N–H and O–H groups in total. The third kappa shape index (κ3) is 3.13. The number of ketones is 1. The molecule has 24 heavy (non-hydrogen) atoms. The Bertz CT molecular complexity index is 882. The molecule has 1 aliphatic rings. The third-order valence-corrected chi connectivity index (χ3v) is 4.06. The number of rotatable bonds is 2. The van der Waals surface area contributed by atoms with E-state index in [4.69, 9.17) is 0 Å². The van der Waals surface area contributed by atoms with Crippen LogP contribution in [0.4, 0.5) is 10.1 Å². The van der Waals surface area contributed by atoms with E-state index in [0.717, 1.165) is 0 Å². The van der Waals surface area contributed by atoms with E-state index in [1.165, 1.54) is 30.3 Å². The molecule has 124 valence electrons. The summed E-state index contributed by atoms with van der Waals surface area (Å²) < 4.78 is 12.9. The predicted molar refractivity (Wildman–Crippen MR) is 87.8 cm³/mol. The van der Waals surface area contributed by atoms with E-state index in [0.29, 0.717) is 29.8 Å². The third-order valence-electron chi connectivity index (χ3n) is 4.06. The van der Waals surface area contributed by atoms with Crippen LogP contribution in [0, 0.1) is 11.2 Å². The first kappa shape index (κ1) is 16.1. The Morgan fingerprint density at radius 2 is 1.83 bits per heavy atom. The molecule has 3 rings (SSSR count). The fraction of sp³-hybridized carbons (Fsp3) is 0.278. The van der Waals surface area contributed by atoms with Gasteiger partial charge in [0, 0.05) is 23.4 Å². The Labute approximate surface area is 137 Å². The maximum Gasteiger partial charge on any atom is 0.261 e. The van der Waals surface area contributed by atoms with E-state index in [-0.39, 0.29) is 16.8 Å². The monoisotopic (exact) mass is 328 g/mol. The summed E-state index contributed by atoms with van der Waals surface area (Å²) in [5.41, 5.74) is 0.430. The summed E-state index contributed by atoms with van der Waals surface area (Å²) in [5.74, 6) is -1.15. The fourth-order valence-corrected chi connectivity index (χ4v) is 2.93. The first-order valence-corrected chi connectivity index (χ1v) is 7.61. The van der Waals surface area contributed by atoms with E-state index < -0.39 is 17.3 Å². The van der Waals surface area contributed by atoms with Gasteiger partial charge in [-0.2, -0.15) is 0 Å². The van der Waals surface area contributed by atoms with Gasteiger partial charge in [-0.3, -0.25) is 14.4 Å². The number of anilines is 1. The summed E-state index contributed by atoms with van der Waals surface area (Å²) >= 11 is 0. The number of hydrogen-bond acceptors (Lipinski definition) is 3. The Morgan fingerprint density at radius 3 is 2.50 bits per heavy atom. The van der Waals surface area contributed by atoms with Crippen molar-refractivity contribution in [1.29, 1.82) is 0 Å². The molecule has 6 heteroatoms. The normalized spacial score (nSPS) is 15.7. The molecule has 1 aromatic heterocycles. The number of Topliss-reactive ketones (excluding diaryl/α,β-unsaturated/α-hetero) is 1. The summed E-state index contributed by atoms with van der Waals surface area (Å²) in [7, 11) is 0. The van der Waals surface area contributed by atoms with Crippen LogP contribution in [-0.4, -0.2) is 16.7 Å². The van der Waals surface area contributed by atoms with E-state index in [9.17, 15) is 18.8 Å². The van der Waals surface area contributed by atoms with Gasteiger partial charge in [-0.15, -0.1) is 0 Å². The van der Waals surface area contributed by atoms with Crippen molar-refractivity contribution in [2.24, 2.45) is 5.41 Å². The van der Waals surface area contributed by atoms with Crippen molar-refractivity contribution >= 4 is 17.4 Å². The number of carbonyl (C=O) groups is 2. The van der Waals surface area contributed by atoms with Crippen molar-refractivity contribution in [3.63, 3.8) is 0 Å². The number of H-pyrrole nitrogens is 1. The van der Waals surface area contributed by atoms with Crippen molar-refractivity contribution in [1.82, 2.24) is 4.98 Å². The average molecular weight is 328 g/mol. The van der Waals surface area contributed by atoms with Crippen LogP contribution in [0.25, 0.3) is 0 Å². The van der Waals surface area contributed by atoms with Crippen LogP contribution in [0.5, 0.6) is 0 Å². The molecule has 2 aromatic rings. The first-order valence-electron chi connectivity index (χ1n) is 7.61. The van der Waals surface area contributed by atoms with Gasteiger partial charge >= 0.3 is 0 Å². The molecular formula is C18H17FN2O3. The highest BCUT2D eigenvalue weighted by atomic mass is 19.1. The summed E-state index contributed by atoms with van der Waals surface area (Å²) in [5, 5.41) is 2.53. The molecule has 0 saturated heterocycles. The number of nitrogens with one attached hydrogen (secondary N) is 2. The van der Waals surface area contributed by atoms with Gasteiger partial charge < -0.3 is 10.3 Å². The SMILES string of the molecule is CC1(C)CC(=O)c2cc(C(=O)Nc3ccc(F)cc3)c(=O)[nH]c2C1. The number of halogens is 1. The van der Waals surface area contributed by atoms with E-state index >= 15 is 0 Å². The molecule has 1 amide bonds. The molecule has 5 nitrogen and oxygen atoms in total. The Hall–Kier alpha value is -2.76. The number of hydrogen-bond donors (Lipinski definition) is 2. The van der Waals surface area contributed by atoms with Crippen molar-refractivity contribution < 1.29 is 14.0 Å². The minimum absolute atomic E-state index is 0.0895. The second-order valence-electron chi connectivity index (χ2n) is 6.81. The van der Waals surface area contributed by atoms with Crippen LogP contribution in [0.15, 0.2) is 35.1 Å².